The number of hydrogen-bond acceptors (Lipinski definition) is 3. The van der Waals surface area contributed by atoms with Gasteiger partial charge in [0.2, 0.25) is 5.95 Å². The zero-order valence-corrected chi connectivity index (χ0v) is 11.6. The number of rotatable bonds is 3. The van der Waals surface area contributed by atoms with Crippen molar-refractivity contribution in [3.8, 4) is 0 Å². The monoisotopic (exact) mass is 277 g/mol. The predicted molar refractivity (Wildman–Crippen MR) is 77.1 cm³/mol. The van der Waals surface area contributed by atoms with Gasteiger partial charge < -0.3 is 15.4 Å². The second kappa shape index (κ2) is 5.05. The van der Waals surface area contributed by atoms with E-state index >= 15 is 0 Å². The van der Waals surface area contributed by atoms with Gasteiger partial charge in [0.15, 0.2) is 0 Å². The number of aromatic amines is 1. The Morgan fingerprint density at radius 2 is 2.40 bits per heavy atom. The van der Waals surface area contributed by atoms with Gasteiger partial charge in [0.25, 0.3) is 0 Å². The van der Waals surface area contributed by atoms with Crippen molar-refractivity contribution in [2.45, 2.75) is 38.2 Å². The summed E-state index contributed by atoms with van der Waals surface area (Å²) < 4.78 is 13.1. The largest absolute Gasteiger partial charge is 0.388 e. The third-order valence-electron chi connectivity index (χ3n) is 4.10. The summed E-state index contributed by atoms with van der Waals surface area (Å²) in [7, 11) is 0. The maximum Gasteiger partial charge on any atom is 0.201 e. The standard InChI is InChI=1S/C15H20FN3O/c1-10-3-2-6-15(20,8-10)9-17-14-18-12-5-4-11(16)7-13(12)19-14/h4-5,7,10,20H,2-3,6,8-9H2,1H3,(H2,17,18,19). The smallest absolute Gasteiger partial charge is 0.201 e. The Morgan fingerprint density at radius 3 is 3.20 bits per heavy atom. The molecule has 0 aliphatic heterocycles. The zero-order chi connectivity index (χ0) is 14.2. The van der Waals surface area contributed by atoms with Gasteiger partial charge in [-0.05, 0) is 37.0 Å². The highest BCUT2D eigenvalue weighted by atomic mass is 19.1. The van der Waals surface area contributed by atoms with E-state index in [1.54, 1.807) is 6.07 Å². The fourth-order valence-corrected chi connectivity index (χ4v) is 3.11. The van der Waals surface area contributed by atoms with E-state index in [1.807, 2.05) is 0 Å². The van der Waals surface area contributed by atoms with Crippen molar-refractivity contribution in [3.05, 3.63) is 24.0 Å². The first-order valence-corrected chi connectivity index (χ1v) is 7.16. The molecule has 5 heteroatoms. The average Bonchev–Trinajstić information content (AvgIpc) is 2.78. The minimum atomic E-state index is -0.665. The lowest BCUT2D eigenvalue weighted by atomic mass is 9.79. The van der Waals surface area contributed by atoms with Gasteiger partial charge in [-0.3, -0.25) is 0 Å². The maximum absolute atomic E-state index is 13.1. The number of aliphatic hydroxyl groups is 1. The van der Waals surface area contributed by atoms with Crippen LogP contribution in [-0.2, 0) is 0 Å². The van der Waals surface area contributed by atoms with Crippen LogP contribution in [-0.4, -0.2) is 27.2 Å². The predicted octanol–water partition coefficient (Wildman–Crippen LogP) is 3.06. The summed E-state index contributed by atoms with van der Waals surface area (Å²) in [6.07, 6.45) is 3.88. The van der Waals surface area contributed by atoms with E-state index in [-0.39, 0.29) is 5.82 Å². The molecule has 1 aliphatic carbocycles. The lowest BCUT2D eigenvalue weighted by molar-refractivity contribution is -0.000881. The van der Waals surface area contributed by atoms with E-state index in [0.717, 1.165) is 24.8 Å². The second-order valence-electron chi connectivity index (χ2n) is 6.03. The highest BCUT2D eigenvalue weighted by Crippen LogP contribution is 2.32. The maximum atomic E-state index is 13.1. The Kier molecular flexibility index (Phi) is 3.38. The molecule has 3 rings (SSSR count). The molecule has 0 saturated heterocycles. The van der Waals surface area contributed by atoms with Crippen molar-refractivity contribution in [2.75, 3.05) is 11.9 Å². The SMILES string of the molecule is CC1CCCC(O)(CNc2nc3ccc(F)cc3[nH]2)C1. The van der Waals surface area contributed by atoms with Crippen LogP contribution >= 0.6 is 0 Å². The summed E-state index contributed by atoms with van der Waals surface area (Å²) in [6.45, 7) is 2.65. The third kappa shape index (κ3) is 2.77. The van der Waals surface area contributed by atoms with Gasteiger partial charge in [-0.2, -0.15) is 0 Å². The van der Waals surface area contributed by atoms with E-state index in [4.69, 9.17) is 0 Å². The van der Waals surface area contributed by atoms with Crippen molar-refractivity contribution in [1.29, 1.82) is 0 Å². The topological polar surface area (TPSA) is 60.9 Å². The Morgan fingerprint density at radius 1 is 1.55 bits per heavy atom. The molecule has 4 nitrogen and oxygen atoms in total. The number of halogens is 1. The van der Waals surface area contributed by atoms with Crippen molar-refractivity contribution in [2.24, 2.45) is 5.92 Å². The van der Waals surface area contributed by atoms with Crippen molar-refractivity contribution >= 4 is 17.0 Å². The van der Waals surface area contributed by atoms with Crippen molar-refractivity contribution in [3.63, 3.8) is 0 Å². The number of aromatic nitrogens is 2. The molecular formula is C15H20FN3O. The van der Waals surface area contributed by atoms with Crippen molar-refractivity contribution < 1.29 is 9.50 Å². The molecule has 2 aromatic rings. The van der Waals surface area contributed by atoms with Crippen LogP contribution in [0.25, 0.3) is 11.0 Å². The quantitative estimate of drug-likeness (QED) is 0.808. The lowest BCUT2D eigenvalue weighted by Crippen LogP contribution is -2.41. The van der Waals surface area contributed by atoms with Crippen LogP contribution in [0, 0.1) is 11.7 Å². The summed E-state index contributed by atoms with van der Waals surface area (Å²) in [5, 5.41) is 13.7. The molecule has 0 amide bonds. The fraction of sp³-hybridized carbons (Fsp3) is 0.533. The van der Waals surface area contributed by atoms with Crippen LogP contribution in [0.3, 0.4) is 0 Å². The summed E-state index contributed by atoms with van der Waals surface area (Å²) in [6, 6.07) is 4.46. The second-order valence-corrected chi connectivity index (χ2v) is 6.03. The number of hydrogen-bond donors (Lipinski definition) is 3. The Labute approximate surface area is 117 Å². The van der Waals surface area contributed by atoms with E-state index in [9.17, 15) is 9.50 Å². The highest BCUT2D eigenvalue weighted by molar-refractivity contribution is 5.77. The molecule has 1 saturated carbocycles. The molecule has 1 aromatic carbocycles. The molecule has 0 spiro atoms. The first kappa shape index (κ1) is 13.4. The molecule has 1 aliphatic rings. The Balaban J connectivity index is 1.70. The van der Waals surface area contributed by atoms with Gasteiger partial charge in [-0.1, -0.05) is 19.8 Å². The van der Waals surface area contributed by atoms with E-state index in [0.29, 0.717) is 23.9 Å². The Hall–Kier alpha value is -1.62. The van der Waals surface area contributed by atoms with Crippen LogP contribution in [0.2, 0.25) is 0 Å². The average molecular weight is 277 g/mol. The summed E-state index contributed by atoms with van der Waals surface area (Å²) in [4.78, 5) is 7.38. The van der Waals surface area contributed by atoms with Gasteiger partial charge in [0.1, 0.15) is 5.82 Å². The molecular weight excluding hydrogens is 257 g/mol. The first-order valence-electron chi connectivity index (χ1n) is 7.16. The molecule has 0 bridgehead atoms. The van der Waals surface area contributed by atoms with Crippen LogP contribution in [0.15, 0.2) is 18.2 Å². The van der Waals surface area contributed by atoms with Gasteiger partial charge in [0, 0.05) is 6.54 Å². The minimum Gasteiger partial charge on any atom is -0.388 e. The van der Waals surface area contributed by atoms with E-state index in [2.05, 4.69) is 22.2 Å². The zero-order valence-electron chi connectivity index (χ0n) is 11.6. The Bertz CT molecular complexity index is 612. The number of benzene rings is 1. The van der Waals surface area contributed by atoms with Crippen molar-refractivity contribution in [1.82, 2.24) is 9.97 Å². The number of imidazole rings is 1. The van der Waals surface area contributed by atoms with Gasteiger partial charge in [-0.25, -0.2) is 9.37 Å². The first-order chi connectivity index (χ1) is 9.54. The number of H-pyrrole nitrogens is 1. The lowest BCUT2D eigenvalue weighted by Gasteiger charge is -2.35. The van der Waals surface area contributed by atoms with Crippen LogP contribution in [0.1, 0.15) is 32.6 Å². The molecule has 0 radical (unpaired) electrons. The molecule has 2 atom stereocenters. The fourth-order valence-electron chi connectivity index (χ4n) is 3.11. The van der Waals surface area contributed by atoms with Crippen LogP contribution in [0.4, 0.5) is 10.3 Å². The van der Waals surface area contributed by atoms with Gasteiger partial charge in [-0.15, -0.1) is 0 Å². The number of anilines is 1. The molecule has 1 fully saturated rings. The number of nitrogens with zero attached hydrogens (tertiary/aromatic N) is 1. The normalized spacial score (nSPS) is 26.9. The minimum absolute atomic E-state index is 0.285. The van der Waals surface area contributed by atoms with Gasteiger partial charge >= 0.3 is 0 Å². The number of fused-ring (bicyclic) bond motifs is 1. The molecule has 1 heterocycles. The molecule has 108 valence electrons. The molecule has 2 unspecified atom stereocenters. The van der Waals surface area contributed by atoms with Gasteiger partial charge in [0.05, 0.1) is 16.6 Å². The van der Waals surface area contributed by atoms with E-state index < -0.39 is 5.60 Å². The highest BCUT2D eigenvalue weighted by Gasteiger charge is 2.32. The van der Waals surface area contributed by atoms with Crippen LogP contribution < -0.4 is 5.32 Å². The summed E-state index contributed by atoms with van der Waals surface area (Å²) >= 11 is 0. The third-order valence-corrected chi connectivity index (χ3v) is 4.10. The molecule has 20 heavy (non-hydrogen) atoms. The molecule has 1 aromatic heterocycles. The van der Waals surface area contributed by atoms with Crippen LogP contribution in [0.5, 0.6) is 0 Å². The summed E-state index contributed by atoms with van der Waals surface area (Å²) in [5.74, 6) is 0.852. The summed E-state index contributed by atoms with van der Waals surface area (Å²) in [5.41, 5.74) is 0.719. The van der Waals surface area contributed by atoms with E-state index in [1.165, 1.54) is 18.6 Å². The number of nitrogens with one attached hydrogen (secondary N) is 2. The molecule has 3 N–H and O–H groups in total.